The van der Waals surface area contributed by atoms with Crippen LogP contribution in [0.2, 0.25) is 0 Å². The van der Waals surface area contributed by atoms with Gasteiger partial charge in [-0.2, -0.15) is 0 Å². The van der Waals surface area contributed by atoms with Gasteiger partial charge in [0.25, 0.3) is 0 Å². The van der Waals surface area contributed by atoms with Gasteiger partial charge in [0.1, 0.15) is 0 Å². The SMILES string of the molecule is O=C([O-])[O-].O=C([O-])[O-].[Ir]. The van der Waals surface area contributed by atoms with Crippen molar-refractivity contribution < 1.29 is 50.1 Å². The van der Waals surface area contributed by atoms with Gasteiger partial charge in [-0.1, -0.05) is 0 Å². The second-order valence-electron chi connectivity index (χ2n) is 0.500. The van der Waals surface area contributed by atoms with E-state index in [1.54, 1.807) is 0 Å². The van der Waals surface area contributed by atoms with Gasteiger partial charge in [0.05, 0.1) is 0 Å². The summed E-state index contributed by atoms with van der Waals surface area (Å²) in [6.07, 6.45) is -4.67. The van der Waals surface area contributed by atoms with Crippen molar-refractivity contribution in [1.82, 2.24) is 0 Å². The standard InChI is InChI=1S/2CH2O3.Ir/c2*2-1(3)4;/h2*(H2,2,3,4);/p-4. The molecule has 0 amide bonds. The molecule has 0 fully saturated rings. The van der Waals surface area contributed by atoms with E-state index in [0.717, 1.165) is 0 Å². The van der Waals surface area contributed by atoms with E-state index in [2.05, 4.69) is 0 Å². The molecule has 0 aliphatic rings. The molecule has 0 aromatic carbocycles. The van der Waals surface area contributed by atoms with Gasteiger partial charge in [-0.15, -0.1) is 0 Å². The van der Waals surface area contributed by atoms with E-state index in [9.17, 15) is 0 Å². The molecule has 0 aliphatic carbocycles. The first-order valence-corrected chi connectivity index (χ1v) is 1.22. The van der Waals surface area contributed by atoms with Crippen LogP contribution in [0.1, 0.15) is 0 Å². The summed E-state index contributed by atoms with van der Waals surface area (Å²) < 4.78 is 0. The summed E-state index contributed by atoms with van der Waals surface area (Å²) in [6.45, 7) is 0. The minimum atomic E-state index is -2.33. The summed E-state index contributed by atoms with van der Waals surface area (Å²) in [6, 6.07) is 0. The van der Waals surface area contributed by atoms with Crippen molar-refractivity contribution in [2.24, 2.45) is 0 Å². The molecule has 0 unspecified atom stereocenters. The number of carbonyl (C=O) groups is 2. The summed E-state index contributed by atoms with van der Waals surface area (Å²) in [5, 5.41) is 33.3. The first kappa shape index (κ1) is 15.7. The monoisotopic (exact) mass is 313 g/mol. The summed E-state index contributed by atoms with van der Waals surface area (Å²) in [5.41, 5.74) is 0. The molecule has 0 aliphatic heterocycles. The fourth-order valence-corrected chi connectivity index (χ4v) is 0. The Morgan fingerprint density at radius 1 is 0.778 bits per heavy atom. The van der Waals surface area contributed by atoms with E-state index in [1.165, 1.54) is 0 Å². The minimum Gasteiger partial charge on any atom is -0.652 e. The Bertz CT molecular complexity index is 69.1. The number of rotatable bonds is 0. The van der Waals surface area contributed by atoms with Crippen LogP contribution in [0.25, 0.3) is 0 Å². The average Bonchev–Trinajstić information content (AvgIpc) is 1.25. The molecule has 1 radical (unpaired) electrons. The summed E-state index contributed by atoms with van der Waals surface area (Å²) >= 11 is 0. The number of hydrogen-bond acceptors (Lipinski definition) is 6. The molecular formula is C2IrO6-4. The zero-order valence-corrected chi connectivity index (χ0v) is 6.18. The molecule has 0 aromatic rings. The molecular weight excluding hydrogens is 312 g/mol. The third-order valence-electron chi connectivity index (χ3n) is 0. The Kier molecular flexibility index (Phi) is 17.9. The third-order valence-corrected chi connectivity index (χ3v) is 0. The van der Waals surface area contributed by atoms with Gasteiger partial charge in [0, 0.05) is 20.1 Å². The van der Waals surface area contributed by atoms with Gasteiger partial charge in [0.15, 0.2) is 0 Å². The fourth-order valence-electron chi connectivity index (χ4n) is 0. The van der Waals surface area contributed by atoms with E-state index in [1.807, 2.05) is 0 Å². The maximum absolute atomic E-state index is 8.33. The van der Waals surface area contributed by atoms with Gasteiger partial charge in [-0.05, 0) is 12.3 Å². The Hall–Kier alpha value is -0.811. The van der Waals surface area contributed by atoms with Crippen LogP contribution in [0.15, 0.2) is 0 Å². The molecule has 0 heterocycles. The van der Waals surface area contributed by atoms with Gasteiger partial charge in [0.2, 0.25) is 0 Å². The van der Waals surface area contributed by atoms with Crippen LogP contribution in [0.5, 0.6) is 0 Å². The van der Waals surface area contributed by atoms with Crippen molar-refractivity contribution in [1.29, 1.82) is 0 Å². The van der Waals surface area contributed by atoms with Crippen molar-refractivity contribution in [2.75, 3.05) is 0 Å². The molecule has 0 N–H and O–H groups in total. The number of hydrogen-bond donors (Lipinski definition) is 0. The molecule has 0 saturated carbocycles. The van der Waals surface area contributed by atoms with Gasteiger partial charge in [-0.25, -0.2) is 0 Å². The largest absolute Gasteiger partial charge is 0.652 e. The predicted octanol–water partition coefficient (Wildman–Crippen LogP) is -4.90. The molecule has 0 saturated heterocycles. The van der Waals surface area contributed by atoms with E-state index < -0.39 is 12.3 Å². The zero-order valence-electron chi connectivity index (χ0n) is 3.78. The summed E-state index contributed by atoms with van der Waals surface area (Å²) in [7, 11) is 0. The normalized spacial score (nSPS) is 5.33. The molecule has 6 nitrogen and oxygen atoms in total. The predicted molar refractivity (Wildman–Crippen MR) is 10.8 cm³/mol. The number of carboxylic acid groups (broad SMARTS) is 4. The Labute approximate surface area is 63.1 Å². The van der Waals surface area contributed by atoms with E-state index >= 15 is 0 Å². The van der Waals surface area contributed by atoms with Crippen LogP contribution in [-0.2, 0) is 20.1 Å². The van der Waals surface area contributed by atoms with E-state index in [-0.39, 0.29) is 20.1 Å². The molecule has 0 rings (SSSR count). The van der Waals surface area contributed by atoms with Crippen LogP contribution < -0.4 is 20.4 Å². The topological polar surface area (TPSA) is 126 Å². The van der Waals surface area contributed by atoms with E-state index in [0.29, 0.717) is 0 Å². The van der Waals surface area contributed by atoms with Crippen LogP contribution in [0.4, 0.5) is 9.59 Å². The smallest absolute Gasteiger partial charge is 0 e. The average molecular weight is 312 g/mol. The Morgan fingerprint density at radius 2 is 0.778 bits per heavy atom. The molecule has 57 valence electrons. The fraction of sp³-hybridized carbons (Fsp3) is 0. The van der Waals surface area contributed by atoms with Crippen molar-refractivity contribution >= 4 is 12.3 Å². The summed E-state index contributed by atoms with van der Waals surface area (Å²) in [5.74, 6) is 0. The second-order valence-corrected chi connectivity index (χ2v) is 0.500. The maximum Gasteiger partial charge on any atom is 0 e. The maximum atomic E-state index is 8.33. The van der Waals surface area contributed by atoms with Crippen LogP contribution in [0.3, 0.4) is 0 Å². The molecule has 7 heteroatoms. The zero-order chi connectivity index (χ0) is 7.15. The molecule has 9 heavy (non-hydrogen) atoms. The Balaban J connectivity index is -0.0000000720. The molecule has 0 aromatic heterocycles. The quantitative estimate of drug-likeness (QED) is 0.441. The second kappa shape index (κ2) is 10.2. The third kappa shape index (κ3) is 295. The summed E-state index contributed by atoms with van der Waals surface area (Å²) in [4.78, 5) is 16.7. The molecule has 0 bridgehead atoms. The number of carbonyl (C=O) groups excluding carboxylic acids is 2. The van der Waals surface area contributed by atoms with Crippen LogP contribution in [0, 0.1) is 0 Å². The van der Waals surface area contributed by atoms with Crippen molar-refractivity contribution in [3.05, 3.63) is 0 Å². The first-order chi connectivity index (χ1) is 3.46. The van der Waals surface area contributed by atoms with Gasteiger partial charge in [-0.3, -0.25) is 0 Å². The van der Waals surface area contributed by atoms with E-state index in [4.69, 9.17) is 30.0 Å². The van der Waals surface area contributed by atoms with Crippen LogP contribution in [-0.4, -0.2) is 12.3 Å². The first-order valence-electron chi connectivity index (χ1n) is 1.22. The van der Waals surface area contributed by atoms with Gasteiger partial charge < -0.3 is 30.0 Å². The van der Waals surface area contributed by atoms with Crippen molar-refractivity contribution in [3.8, 4) is 0 Å². The minimum absolute atomic E-state index is 0. The van der Waals surface area contributed by atoms with Crippen molar-refractivity contribution in [3.63, 3.8) is 0 Å². The molecule has 0 atom stereocenters. The Morgan fingerprint density at radius 3 is 0.778 bits per heavy atom. The van der Waals surface area contributed by atoms with Crippen molar-refractivity contribution in [2.45, 2.75) is 0 Å². The van der Waals surface area contributed by atoms with Gasteiger partial charge >= 0.3 is 0 Å². The van der Waals surface area contributed by atoms with Crippen LogP contribution >= 0.6 is 0 Å². The molecule has 0 spiro atoms.